The maximum Gasteiger partial charge on any atom is 0.217 e. The first-order valence-corrected chi connectivity index (χ1v) is 12.7. The molecule has 4 aromatic rings. The molecule has 1 N–H and O–H groups in total. The number of nitriles is 1. The van der Waals surface area contributed by atoms with Gasteiger partial charge in [-0.15, -0.1) is 0 Å². The Hall–Kier alpha value is -4.19. The molecule has 2 aromatic heterocycles. The quantitative estimate of drug-likeness (QED) is 0.314. The van der Waals surface area contributed by atoms with Crippen LogP contribution in [0.4, 0.5) is 0 Å². The van der Waals surface area contributed by atoms with E-state index in [0.717, 1.165) is 11.1 Å². The number of ether oxygens (including phenoxy) is 3. The third-order valence-corrected chi connectivity index (χ3v) is 6.93. The number of hydrogen-bond acceptors (Lipinski definition) is 8. The van der Waals surface area contributed by atoms with Gasteiger partial charge in [0.05, 0.1) is 50.1 Å². The van der Waals surface area contributed by atoms with Gasteiger partial charge in [-0.3, -0.25) is 4.98 Å². The van der Waals surface area contributed by atoms with Crippen LogP contribution in [0.5, 0.6) is 17.4 Å². The fourth-order valence-corrected chi connectivity index (χ4v) is 5.03. The van der Waals surface area contributed by atoms with Gasteiger partial charge >= 0.3 is 0 Å². The van der Waals surface area contributed by atoms with Crippen molar-refractivity contribution in [2.24, 2.45) is 0 Å². The van der Waals surface area contributed by atoms with Gasteiger partial charge in [0.2, 0.25) is 5.88 Å². The smallest absolute Gasteiger partial charge is 0.217 e. The summed E-state index contributed by atoms with van der Waals surface area (Å²) in [6.45, 7) is 2.48. The predicted octanol–water partition coefficient (Wildman–Crippen LogP) is 4.81. The molecule has 0 aliphatic rings. The standard InChI is InChI=1S/C31H34N4O4/c1-20-9-7-12-27(33-20)31(36,15-16-35(2)3)28(23-10-8-11-26(37-4)29(23)38-5)24-18-22-17-21(19-32)13-14-25(22)34-30(24)39-6/h7-14,17-18,28,36H,15-16H2,1-6H3/t28-,31-/m1/s1. The van der Waals surface area contributed by atoms with Crippen molar-refractivity contribution < 1.29 is 19.3 Å². The number of aryl methyl sites for hydroxylation is 1. The topological polar surface area (TPSA) is 101 Å². The Labute approximate surface area is 229 Å². The molecule has 8 nitrogen and oxygen atoms in total. The number of rotatable bonds is 10. The zero-order valence-electron chi connectivity index (χ0n) is 23.2. The molecular formula is C31H34N4O4. The van der Waals surface area contributed by atoms with E-state index in [1.54, 1.807) is 39.5 Å². The summed E-state index contributed by atoms with van der Waals surface area (Å²) in [5, 5.41) is 23.2. The van der Waals surface area contributed by atoms with Gasteiger partial charge in [0.15, 0.2) is 11.5 Å². The van der Waals surface area contributed by atoms with Crippen molar-refractivity contribution in [3.63, 3.8) is 0 Å². The summed E-state index contributed by atoms with van der Waals surface area (Å²) in [6, 6.07) is 20.7. The van der Waals surface area contributed by atoms with Crippen LogP contribution in [0.1, 0.15) is 40.4 Å². The van der Waals surface area contributed by atoms with Crippen molar-refractivity contribution in [3.8, 4) is 23.4 Å². The van der Waals surface area contributed by atoms with Crippen LogP contribution < -0.4 is 14.2 Å². The first-order valence-electron chi connectivity index (χ1n) is 12.7. The van der Waals surface area contributed by atoms with E-state index in [1.807, 2.05) is 68.4 Å². The molecule has 2 aromatic carbocycles. The van der Waals surface area contributed by atoms with Crippen LogP contribution in [-0.2, 0) is 5.60 Å². The van der Waals surface area contributed by atoms with E-state index in [2.05, 4.69) is 6.07 Å². The summed E-state index contributed by atoms with van der Waals surface area (Å²) in [4.78, 5) is 11.6. The lowest BCUT2D eigenvalue weighted by Crippen LogP contribution is -2.39. The molecule has 0 aliphatic heterocycles. The number of aliphatic hydroxyl groups is 1. The van der Waals surface area contributed by atoms with E-state index < -0.39 is 11.5 Å². The fraction of sp³-hybridized carbons (Fsp3) is 0.323. The van der Waals surface area contributed by atoms with Crippen LogP contribution in [0, 0.1) is 18.3 Å². The van der Waals surface area contributed by atoms with Crippen LogP contribution in [0.2, 0.25) is 0 Å². The minimum Gasteiger partial charge on any atom is -0.493 e. The highest BCUT2D eigenvalue weighted by Gasteiger charge is 2.45. The number of benzene rings is 2. The van der Waals surface area contributed by atoms with Crippen LogP contribution in [0.15, 0.2) is 60.7 Å². The van der Waals surface area contributed by atoms with Gasteiger partial charge in [0.1, 0.15) is 5.60 Å². The minimum absolute atomic E-state index is 0.348. The largest absolute Gasteiger partial charge is 0.493 e. The molecule has 4 rings (SSSR count). The summed E-state index contributed by atoms with van der Waals surface area (Å²) in [6.07, 6.45) is 0.348. The van der Waals surface area contributed by atoms with Gasteiger partial charge in [-0.25, -0.2) is 4.98 Å². The highest BCUT2D eigenvalue weighted by Crippen LogP contribution is 2.51. The van der Waals surface area contributed by atoms with E-state index in [-0.39, 0.29) is 0 Å². The second-order valence-electron chi connectivity index (χ2n) is 9.76. The summed E-state index contributed by atoms with van der Waals surface area (Å²) in [7, 11) is 8.65. The first kappa shape index (κ1) is 27.8. The van der Waals surface area contributed by atoms with E-state index in [1.165, 1.54) is 0 Å². The minimum atomic E-state index is -1.51. The Morgan fingerprint density at radius 3 is 2.36 bits per heavy atom. The van der Waals surface area contributed by atoms with E-state index in [9.17, 15) is 10.4 Å². The Balaban J connectivity index is 2.12. The lowest BCUT2D eigenvalue weighted by atomic mass is 9.73. The van der Waals surface area contributed by atoms with Crippen molar-refractivity contribution in [1.29, 1.82) is 5.26 Å². The Morgan fingerprint density at radius 2 is 1.72 bits per heavy atom. The summed E-state index contributed by atoms with van der Waals surface area (Å²) < 4.78 is 17.4. The van der Waals surface area contributed by atoms with Gasteiger partial charge in [0.25, 0.3) is 0 Å². The maximum atomic E-state index is 12.9. The number of nitrogens with zero attached hydrogens (tertiary/aromatic N) is 4. The number of methoxy groups -OCH3 is 3. The van der Waals surface area contributed by atoms with E-state index in [0.29, 0.717) is 58.2 Å². The van der Waals surface area contributed by atoms with Crippen molar-refractivity contribution in [2.75, 3.05) is 42.0 Å². The SMILES string of the molecule is COc1cccc([C@H](c2cc3cc(C#N)ccc3nc2OC)[C@@](O)(CCN(C)C)c2cccc(C)n2)c1OC. The Bertz CT molecular complexity index is 1510. The zero-order valence-corrected chi connectivity index (χ0v) is 23.2. The average Bonchev–Trinajstić information content (AvgIpc) is 2.95. The van der Waals surface area contributed by atoms with Gasteiger partial charge < -0.3 is 24.2 Å². The van der Waals surface area contributed by atoms with Crippen molar-refractivity contribution in [1.82, 2.24) is 14.9 Å². The molecular weight excluding hydrogens is 492 g/mol. The average molecular weight is 527 g/mol. The van der Waals surface area contributed by atoms with Crippen LogP contribution in [-0.4, -0.2) is 61.9 Å². The van der Waals surface area contributed by atoms with E-state index in [4.69, 9.17) is 24.2 Å². The van der Waals surface area contributed by atoms with Crippen molar-refractivity contribution in [2.45, 2.75) is 24.9 Å². The van der Waals surface area contributed by atoms with Gasteiger partial charge in [0, 0.05) is 28.8 Å². The first-order chi connectivity index (χ1) is 18.7. The molecule has 0 spiro atoms. The summed E-state index contributed by atoms with van der Waals surface area (Å²) >= 11 is 0. The van der Waals surface area contributed by atoms with Gasteiger partial charge in [-0.1, -0.05) is 18.2 Å². The number of aromatic nitrogens is 2. The molecule has 0 fully saturated rings. The summed E-state index contributed by atoms with van der Waals surface area (Å²) in [5.41, 5.74) is 2.32. The highest BCUT2D eigenvalue weighted by molar-refractivity contribution is 5.82. The number of fused-ring (bicyclic) bond motifs is 1. The monoisotopic (exact) mass is 526 g/mol. The van der Waals surface area contributed by atoms with Crippen LogP contribution in [0.3, 0.4) is 0 Å². The Morgan fingerprint density at radius 1 is 0.949 bits per heavy atom. The third-order valence-electron chi connectivity index (χ3n) is 6.93. The fourth-order valence-electron chi connectivity index (χ4n) is 5.03. The van der Waals surface area contributed by atoms with Gasteiger partial charge in [-0.2, -0.15) is 5.26 Å². The lowest BCUT2D eigenvalue weighted by molar-refractivity contribution is -0.000985. The molecule has 0 radical (unpaired) electrons. The molecule has 202 valence electrons. The number of para-hydroxylation sites is 1. The van der Waals surface area contributed by atoms with E-state index >= 15 is 0 Å². The second kappa shape index (κ2) is 11.7. The molecule has 39 heavy (non-hydrogen) atoms. The third kappa shape index (κ3) is 5.51. The molecule has 8 heteroatoms. The van der Waals surface area contributed by atoms with Crippen LogP contribution >= 0.6 is 0 Å². The highest BCUT2D eigenvalue weighted by atomic mass is 16.5. The molecule has 2 atom stereocenters. The number of hydrogen-bond donors (Lipinski definition) is 1. The number of pyridine rings is 2. The molecule has 0 bridgehead atoms. The lowest BCUT2D eigenvalue weighted by Gasteiger charge is -2.38. The Kier molecular flexibility index (Phi) is 8.34. The van der Waals surface area contributed by atoms with Gasteiger partial charge in [-0.05, 0) is 69.9 Å². The second-order valence-corrected chi connectivity index (χ2v) is 9.76. The molecule has 0 aliphatic carbocycles. The normalized spacial score (nSPS) is 13.5. The van der Waals surface area contributed by atoms with Crippen molar-refractivity contribution in [3.05, 3.63) is 88.7 Å². The summed E-state index contributed by atoms with van der Waals surface area (Å²) in [5.74, 6) is 0.660. The van der Waals surface area contributed by atoms with Crippen LogP contribution in [0.25, 0.3) is 10.9 Å². The van der Waals surface area contributed by atoms with Crippen molar-refractivity contribution >= 4 is 10.9 Å². The maximum absolute atomic E-state index is 12.9. The molecule has 0 amide bonds. The molecule has 2 heterocycles. The zero-order chi connectivity index (χ0) is 28.2. The molecule has 0 unspecified atom stereocenters. The molecule has 0 saturated carbocycles. The predicted molar refractivity (Wildman–Crippen MR) is 150 cm³/mol. The molecule has 0 saturated heterocycles.